The lowest BCUT2D eigenvalue weighted by molar-refractivity contribution is 0.0786. The Morgan fingerprint density at radius 1 is 1.14 bits per heavy atom. The molecular weight excluding hydrogens is 328 g/mol. The highest BCUT2D eigenvalue weighted by molar-refractivity contribution is 9.10. The minimum Gasteiger partial charge on any atom is -0.385 e. The summed E-state index contributed by atoms with van der Waals surface area (Å²) in [5.41, 5.74) is 2.70. The average molecular weight is 347 g/mol. The van der Waals surface area contributed by atoms with Crippen LogP contribution in [0, 0.1) is 0 Å². The molecule has 0 atom stereocenters. The Morgan fingerprint density at radius 2 is 1.81 bits per heavy atom. The predicted octanol–water partition coefficient (Wildman–Crippen LogP) is 4.15. The molecule has 3 nitrogen and oxygen atoms in total. The van der Waals surface area contributed by atoms with E-state index >= 15 is 0 Å². The van der Waals surface area contributed by atoms with E-state index in [1.165, 1.54) is 0 Å². The minimum atomic E-state index is 0.0227. The lowest BCUT2D eigenvalue weighted by Crippen LogP contribution is -2.27. The first kappa shape index (κ1) is 15.6. The van der Waals surface area contributed by atoms with Crippen LogP contribution in [0.5, 0.6) is 0 Å². The van der Waals surface area contributed by atoms with Crippen LogP contribution in [0.2, 0.25) is 0 Å². The average Bonchev–Trinajstić information content (AvgIpc) is 2.50. The fourth-order valence-corrected chi connectivity index (χ4v) is 2.42. The Kier molecular flexibility index (Phi) is 5.39. The number of carbonyl (C=O) groups excluding carboxylic acids is 1. The van der Waals surface area contributed by atoms with E-state index in [1.807, 2.05) is 62.5 Å². The molecule has 0 bridgehead atoms. The molecular formula is C17H19BrN2O. The number of nitrogens with one attached hydrogen (secondary N) is 1. The quantitative estimate of drug-likeness (QED) is 0.881. The molecule has 1 N–H and O–H groups in total. The van der Waals surface area contributed by atoms with Crippen LogP contribution >= 0.6 is 15.9 Å². The SMILES string of the molecule is CCNc1ccccc1C(=O)N(C)Cc1ccc(Br)cc1. The van der Waals surface area contributed by atoms with Gasteiger partial charge in [-0.2, -0.15) is 0 Å². The highest BCUT2D eigenvalue weighted by Gasteiger charge is 2.15. The second-order valence-corrected chi connectivity index (χ2v) is 5.78. The molecule has 0 radical (unpaired) electrons. The van der Waals surface area contributed by atoms with Crippen LogP contribution in [0.4, 0.5) is 5.69 Å². The van der Waals surface area contributed by atoms with Crippen molar-refractivity contribution in [3.63, 3.8) is 0 Å². The monoisotopic (exact) mass is 346 g/mol. The molecule has 1 amide bonds. The van der Waals surface area contributed by atoms with Gasteiger partial charge >= 0.3 is 0 Å². The summed E-state index contributed by atoms with van der Waals surface area (Å²) in [4.78, 5) is 14.3. The van der Waals surface area contributed by atoms with Gasteiger partial charge < -0.3 is 10.2 Å². The number of hydrogen-bond acceptors (Lipinski definition) is 2. The number of hydrogen-bond donors (Lipinski definition) is 1. The second-order valence-electron chi connectivity index (χ2n) is 4.86. The van der Waals surface area contributed by atoms with Gasteiger partial charge in [0.15, 0.2) is 0 Å². The highest BCUT2D eigenvalue weighted by atomic mass is 79.9. The molecule has 2 aromatic carbocycles. The number of nitrogens with zero attached hydrogens (tertiary/aromatic N) is 1. The van der Waals surface area contributed by atoms with E-state index in [9.17, 15) is 4.79 Å². The normalized spacial score (nSPS) is 10.2. The van der Waals surface area contributed by atoms with E-state index in [2.05, 4.69) is 21.2 Å². The van der Waals surface area contributed by atoms with Gasteiger partial charge in [0.1, 0.15) is 0 Å². The van der Waals surface area contributed by atoms with Crippen LogP contribution in [0.15, 0.2) is 53.0 Å². The number of para-hydroxylation sites is 1. The van der Waals surface area contributed by atoms with E-state index in [0.29, 0.717) is 12.1 Å². The molecule has 2 rings (SSSR count). The molecule has 0 unspecified atom stereocenters. The van der Waals surface area contributed by atoms with Gasteiger partial charge in [0.2, 0.25) is 0 Å². The van der Waals surface area contributed by atoms with E-state index in [-0.39, 0.29) is 5.91 Å². The standard InChI is InChI=1S/C17H19BrN2O/c1-3-19-16-7-5-4-6-15(16)17(21)20(2)12-13-8-10-14(18)11-9-13/h4-11,19H,3,12H2,1-2H3. The summed E-state index contributed by atoms with van der Waals surface area (Å²) in [5.74, 6) is 0.0227. The number of anilines is 1. The Morgan fingerprint density at radius 3 is 2.48 bits per heavy atom. The third-order valence-electron chi connectivity index (χ3n) is 3.20. The lowest BCUT2D eigenvalue weighted by Gasteiger charge is -2.19. The summed E-state index contributed by atoms with van der Waals surface area (Å²) >= 11 is 3.42. The molecule has 4 heteroatoms. The Labute approximate surface area is 134 Å². The van der Waals surface area contributed by atoms with E-state index in [0.717, 1.165) is 22.3 Å². The molecule has 0 spiro atoms. The maximum atomic E-state index is 12.6. The van der Waals surface area contributed by atoms with Gasteiger partial charge in [0.25, 0.3) is 5.91 Å². The first-order valence-corrected chi connectivity index (χ1v) is 7.74. The van der Waals surface area contributed by atoms with Crippen molar-refractivity contribution in [2.45, 2.75) is 13.5 Å². The minimum absolute atomic E-state index is 0.0227. The second kappa shape index (κ2) is 7.27. The predicted molar refractivity (Wildman–Crippen MR) is 90.5 cm³/mol. The van der Waals surface area contributed by atoms with Crippen molar-refractivity contribution in [3.05, 3.63) is 64.1 Å². The molecule has 0 aliphatic rings. The molecule has 110 valence electrons. The van der Waals surface area contributed by atoms with Crippen LogP contribution in [-0.2, 0) is 6.54 Å². The largest absolute Gasteiger partial charge is 0.385 e. The van der Waals surface area contributed by atoms with Gasteiger partial charge in [-0.3, -0.25) is 4.79 Å². The molecule has 0 fully saturated rings. The maximum Gasteiger partial charge on any atom is 0.255 e. The van der Waals surface area contributed by atoms with Gasteiger partial charge in [-0.15, -0.1) is 0 Å². The summed E-state index contributed by atoms with van der Waals surface area (Å²) in [5, 5.41) is 3.23. The maximum absolute atomic E-state index is 12.6. The Balaban J connectivity index is 2.13. The van der Waals surface area contributed by atoms with Crippen molar-refractivity contribution in [2.24, 2.45) is 0 Å². The van der Waals surface area contributed by atoms with Gasteiger partial charge in [-0.25, -0.2) is 0 Å². The van der Waals surface area contributed by atoms with Crippen LogP contribution in [0.25, 0.3) is 0 Å². The molecule has 0 heterocycles. The van der Waals surface area contributed by atoms with Gasteiger partial charge in [0.05, 0.1) is 5.56 Å². The molecule has 2 aromatic rings. The molecule has 0 aliphatic heterocycles. The lowest BCUT2D eigenvalue weighted by atomic mass is 10.1. The van der Waals surface area contributed by atoms with E-state index in [4.69, 9.17) is 0 Å². The number of amides is 1. The zero-order chi connectivity index (χ0) is 15.2. The van der Waals surface area contributed by atoms with Crippen molar-refractivity contribution in [1.82, 2.24) is 4.90 Å². The van der Waals surface area contributed by atoms with Gasteiger partial charge in [-0.05, 0) is 36.8 Å². The van der Waals surface area contributed by atoms with Crippen LogP contribution in [0.3, 0.4) is 0 Å². The van der Waals surface area contributed by atoms with Crippen LogP contribution in [-0.4, -0.2) is 24.4 Å². The van der Waals surface area contributed by atoms with Crippen LogP contribution in [0.1, 0.15) is 22.8 Å². The fraction of sp³-hybridized carbons (Fsp3) is 0.235. The Bertz CT molecular complexity index is 610. The zero-order valence-electron chi connectivity index (χ0n) is 12.3. The summed E-state index contributed by atoms with van der Waals surface area (Å²) < 4.78 is 1.04. The molecule has 0 saturated carbocycles. The molecule has 21 heavy (non-hydrogen) atoms. The van der Waals surface area contributed by atoms with E-state index < -0.39 is 0 Å². The Hall–Kier alpha value is -1.81. The fourth-order valence-electron chi connectivity index (χ4n) is 2.16. The summed E-state index contributed by atoms with van der Waals surface area (Å²) in [6, 6.07) is 15.6. The van der Waals surface area contributed by atoms with Crippen LogP contribution < -0.4 is 5.32 Å². The first-order chi connectivity index (χ1) is 10.1. The number of rotatable bonds is 5. The van der Waals surface area contributed by atoms with Crippen molar-refractivity contribution in [2.75, 3.05) is 18.9 Å². The third-order valence-corrected chi connectivity index (χ3v) is 3.73. The smallest absolute Gasteiger partial charge is 0.255 e. The number of benzene rings is 2. The van der Waals surface area contributed by atoms with Crippen molar-refractivity contribution in [1.29, 1.82) is 0 Å². The zero-order valence-corrected chi connectivity index (χ0v) is 13.9. The number of halogens is 1. The summed E-state index contributed by atoms with van der Waals surface area (Å²) in [7, 11) is 1.83. The number of carbonyl (C=O) groups is 1. The van der Waals surface area contributed by atoms with Crippen molar-refractivity contribution < 1.29 is 4.79 Å². The summed E-state index contributed by atoms with van der Waals surface area (Å²) in [6.07, 6.45) is 0. The first-order valence-electron chi connectivity index (χ1n) is 6.94. The van der Waals surface area contributed by atoms with E-state index in [1.54, 1.807) is 4.90 Å². The highest BCUT2D eigenvalue weighted by Crippen LogP contribution is 2.18. The van der Waals surface area contributed by atoms with Crippen molar-refractivity contribution in [3.8, 4) is 0 Å². The van der Waals surface area contributed by atoms with Gasteiger partial charge in [0, 0.05) is 30.3 Å². The third kappa shape index (κ3) is 4.08. The molecule has 0 aliphatic carbocycles. The summed E-state index contributed by atoms with van der Waals surface area (Å²) in [6.45, 7) is 3.40. The van der Waals surface area contributed by atoms with Gasteiger partial charge in [-0.1, -0.05) is 40.2 Å². The molecule has 0 aromatic heterocycles. The topological polar surface area (TPSA) is 32.3 Å². The molecule has 0 saturated heterocycles. The van der Waals surface area contributed by atoms with Crippen molar-refractivity contribution >= 4 is 27.5 Å².